The highest BCUT2D eigenvalue weighted by Crippen LogP contribution is 2.19. The Morgan fingerprint density at radius 3 is 2.81 bits per heavy atom. The lowest BCUT2D eigenvalue weighted by Crippen LogP contribution is -2.39. The van der Waals surface area contributed by atoms with Gasteiger partial charge < -0.3 is 10.3 Å². The van der Waals surface area contributed by atoms with Crippen molar-refractivity contribution in [3.05, 3.63) is 36.3 Å². The molecule has 16 heavy (non-hydrogen) atoms. The minimum atomic E-state index is -0.222. The van der Waals surface area contributed by atoms with Crippen LogP contribution in [0.1, 0.15) is 20.3 Å². The summed E-state index contributed by atoms with van der Waals surface area (Å²) < 4.78 is 15.1. The molecule has 0 spiro atoms. The summed E-state index contributed by atoms with van der Waals surface area (Å²) in [6.07, 6.45) is 2.87. The van der Waals surface area contributed by atoms with Crippen LogP contribution in [0.15, 0.2) is 30.5 Å². The Bertz CT molecular complexity index is 500. The zero-order valence-corrected chi connectivity index (χ0v) is 9.70. The highest BCUT2D eigenvalue weighted by molar-refractivity contribution is 5.80. The number of hydrogen-bond acceptors (Lipinski definition) is 1. The molecular formula is C13H17FN2. The minimum Gasteiger partial charge on any atom is -0.346 e. The molecule has 0 aliphatic carbocycles. The minimum absolute atomic E-state index is 0.198. The first-order valence-electron chi connectivity index (χ1n) is 5.55. The van der Waals surface area contributed by atoms with Crippen molar-refractivity contribution in [3.63, 3.8) is 0 Å². The molecule has 1 aromatic heterocycles. The summed E-state index contributed by atoms with van der Waals surface area (Å²) in [6.45, 7) is 4.85. The van der Waals surface area contributed by atoms with Crippen molar-refractivity contribution in [2.24, 2.45) is 5.73 Å². The fraction of sp³-hybridized carbons (Fsp3) is 0.385. The van der Waals surface area contributed by atoms with Crippen LogP contribution in [0.4, 0.5) is 4.39 Å². The van der Waals surface area contributed by atoms with Crippen LogP contribution < -0.4 is 5.73 Å². The van der Waals surface area contributed by atoms with E-state index in [4.69, 9.17) is 5.73 Å². The summed E-state index contributed by atoms with van der Waals surface area (Å²) in [5, 5.41) is 0.923. The van der Waals surface area contributed by atoms with E-state index in [0.717, 1.165) is 23.9 Å². The van der Waals surface area contributed by atoms with E-state index in [1.807, 2.05) is 19.2 Å². The monoisotopic (exact) mass is 220 g/mol. The van der Waals surface area contributed by atoms with Crippen molar-refractivity contribution >= 4 is 10.9 Å². The third-order valence-electron chi connectivity index (χ3n) is 3.07. The lowest BCUT2D eigenvalue weighted by molar-refractivity contribution is 0.390. The van der Waals surface area contributed by atoms with Gasteiger partial charge in [-0.1, -0.05) is 6.92 Å². The van der Waals surface area contributed by atoms with Gasteiger partial charge >= 0.3 is 0 Å². The first-order chi connectivity index (χ1) is 7.52. The zero-order chi connectivity index (χ0) is 11.8. The van der Waals surface area contributed by atoms with Crippen molar-refractivity contribution in [2.75, 3.05) is 0 Å². The highest BCUT2D eigenvalue weighted by atomic mass is 19.1. The Morgan fingerprint density at radius 2 is 2.12 bits per heavy atom. The molecule has 0 fully saturated rings. The van der Waals surface area contributed by atoms with Gasteiger partial charge in [-0.2, -0.15) is 0 Å². The topological polar surface area (TPSA) is 30.9 Å². The molecule has 0 aliphatic heterocycles. The van der Waals surface area contributed by atoms with Crippen LogP contribution in [0, 0.1) is 5.82 Å². The second-order valence-electron chi connectivity index (χ2n) is 4.65. The maximum Gasteiger partial charge on any atom is 0.123 e. The second kappa shape index (κ2) is 3.91. The van der Waals surface area contributed by atoms with Crippen molar-refractivity contribution < 1.29 is 4.39 Å². The lowest BCUT2D eigenvalue weighted by Gasteiger charge is -2.23. The molecule has 0 bridgehead atoms. The molecule has 1 unspecified atom stereocenters. The first kappa shape index (κ1) is 11.1. The van der Waals surface area contributed by atoms with Gasteiger partial charge in [0, 0.05) is 29.2 Å². The fourth-order valence-corrected chi connectivity index (χ4v) is 1.81. The lowest BCUT2D eigenvalue weighted by atomic mass is 10.0. The molecule has 0 aliphatic rings. The Kier molecular flexibility index (Phi) is 2.72. The molecule has 0 saturated heterocycles. The average Bonchev–Trinajstić information content (AvgIpc) is 2.60. The zero-order valence-electron chi connectivity index (χ0n) is 9.70. The third-order valence-corrected chi connectivity index (χ3v) is 3.07. The summed E-state index contributed by atoms with van der Waals surface area (Å²) in [7, 11) is 0. The highest BCUT2D eigenvalue weighted by Gasteiger charge is 2.17. The maximum atomic E-state index is 13.0. The van der Waals surface area contributed by atoms with E-state index in [1.165, 1.54) is 6.07 Å². The van der Waals surface area contributed by atoms with Crippen LogP contribution in [0.3, 0.4) is 0 Å². The predicted molar refractivity (Wildman–Crippen MR) is 64.8 cm³/mol. The number of halogens is 1. The number of fused-ring (bicyclic) bond motifs is 1. The molecule has 0 saturated carbocycles. The van der Waals surface area contributed by atoms with E-state index in [-0.39, 0.29) is 11.4 Å². The van der Waals surface area contributed by atoms with Crippen molar-refractivity contribution in [2.45, 2.75) is 32.4 Å². The summed E-state index contributed by atoms with van der Waals surface area (Å²) in [5.74, 6) is -0.198. The SMILES string of the molecule is CCC(C)(N)Cn1ccc2cc(F)ccc21. The smallest absolute Gasteiger partial charge is 0.123 e. The molecule has 0 amide bonds. The molecule has 2 rings (SSSR count). The average molecular weight is 220 g/mol. The van der Waals surface area contributed by atoms with Crippen molar-refractivity contribution in [3.8, 4) is 0 Å². The standard InChI is InChI=1S/C13H17FN2/c1-3-13(2,15)9-16-7-6-10-8-11(14)4-5-12(10)16/h4-8H,3,9,15H2,1-2H3. The Labute approximate surface area is 94.9 Å². The number of aromatic nitrogens is 1. The molecule has 86 valence electrons. The van der Waals surface area contributed by atoms with E-state index in [0.29, 0.717) is 0 Å². The van der Waals surface area contributed by atoms with Gasteiger partial charge in [0.15, 0.2) is 0 Å². The summed E-state index contributed by atoms with van der Waals surface area (Å²) >= 11 is 0. The van der Waals surface area contributed by atoms with Gasteiger partial charge in [0.2, 0.25) is 0 Å². The largest absolute Gasteiger partial charge is 0.346 e. The van der Waals surface area contributed by atoms with E-state index in [2.05, 4.69) is 11.5 Å². The van der Waals surface area contributed by atoms with Gasteiger partial charge in [-0.25, -0.2) is 4.39 Å². The Hall–Kier alpha value is -1.35. The second-order valence-corrected chi connectivity index (χ2v) is 4.65. The molecule has 2 aromatic rings. The number of rotatable bonds is 3. The Balaban J connectivity index is 2.39. The van der Waals surface area contributed by atoms with Crippen molar-refractivity contribution in [1.29, 1.82) is 0 Å². The van der Waals surface area contributed by atoms with Gasteiger partial charge in [0.25, 0.3) is 0 Å². The van der Waals surface area contributed by atoms with Crippen LogP contribution in [-0.2, 0) is 6.54 Å². The van der Waals surface area contributed by atoms with Crippen LogP contribution in [0.5, 0.6) is 0 Å². The van der Waals surface area contributed by atoms with E-state index in [1.54, 1.807) is 12.1 Å². The number of hydrogen-bond donors (Lipinski definition) is 1. The number of nitrogens with zero attached hydrogens (tertiary/aromatic N) is 1. The molecule has 1 heterocycles. The van der Waals surface area contributed by atoms with Gasteiger partial charge in [0.1, 0.15) is 5.82 Å². The van der Waals surface area contributed by atoms with Crippen LogP contribution in [-0.4, -0.2) is 10.1 Å². The molecule has 1 atom stereocenters. The number of benzene rings is 1. The molecular weight excluding hydrogens is 203 g/mol. The molecule has 2 N–H and O–H groups in total. The summed E-state index contributed by atoms with van der Waals surface area (Å²) in [5.41, 5.74) is 6.95. The first-order valence-corrected chi connectivity index (χ1v) is 5.55. The number of nitrogens with two attached hydrogens (primary N) is 1. The van der Waals surface area contributed by atoms with Crippen LogP contribution >= 0.6 is 0 Å². The molecule has 2 nitrogen and oxygen atoms in total. The van der Waals surface area contributed by atoms with Crippen LogP contribution in [0.25, 0.3) is 10.9 Å². The third kappa shape index (κ3) is 2.09. The van der Waals surface area contributed by atoms with Gasteiger partial charge in [0.05, 0.1) is 0 Å². The summed E-state index contributed by atoms with van der Waals surface area (Å²) in [4.78, 5) is 0. The van der Waals surface area contributed by atoms with E-state index in [9.17, 15) is 4.39 Å². The van der Waals surface area contributed by atoms with Crippen LogP contribution in [0.2, 0.25) is 0 Å². The van der Waals surface area contributed by atoms with Gasteiger partial charge in [-0.3, -0.25) is 0 Å². The quantitative estimate of drug-likeness (QED) is 0.847. The van der Waals surface area contributed by atoms with E-state index >= 15 is 0 Å². The van der Waals surface area contributed by atoms with Gasteiger partial charge in [-0.15, -0.1) is 0 Å². The molecule has 1 aromatic carbocycles. The molecule has 0 radical (unpaired) electrons. The summed E-state index contributed by atoms with van der Waals surface area (Å²) in [6, 6.07) is 6.75. The Morgan fingerprint density at radius 1 is 1.38 bits per heavy atom. The fourth-order valence-electron chi connectivity index (χ4n) is 1.81. The molecule has 3 heteroatoms. The normalized spacial score (nSPS) is 15.2. The maximum absolute atomic E-state index is 13.0. The predicted octanol–water partition coefficient (Wildman–Crippen LogP) is 2.91. The van der Waals surface area contributed by atoms with E-state index < -0.39 is 0 Å². The van der Waals surface area contributed by atoms with Crippen molar-refractivity contribution in [1.82, 2.24) is 4.57 Å². The van der Waals surface area contributed by atoms with Gasteiger partial charge in [-0.05, 0) is 37.6 Å².